The Balaban J connectivity index is 2.67. The van der Waals surface area contributed by atoms with Crippen LogP contribution < -0.4 is 25.6 Å². The normalized spacial score (nSPS) is 11.6. The summed E-state index contributed by atoms with van der Waals surface area (Å²) in [4.78, 5) is 12.3. The summed E-state index contributed by atoms with van der Waals surface area (Å²) in [6.45, 7) is 9.50. The van der Waals surface area contributed by atoms with Gasteiger partial charge in [-0.1, -0.05) is 13.8 Å². The highest BCUT2D eigenvalue weighted by Gasteiger charge is 2.13. The lowest BCUT2D eigenvalue weighted by molar-refractivity contribution is 0.0942. The average molecular weight is 384 g/mol. The predicted octanol–water partition coefficient (Wildman–Crippen LogP) is 2.26. The number of carbonyl (C=O) groups excluding carboxylic acids is 1. The molecule has 0 bridgehead atoms. The highest BCUT2D eigenvalue weighted by atomic mass is 32.1. The number of carbonyl (C=O) groups is 1. The molecule has 0 unspecified atom stereocenters. The van der Waals surface area contributed by atoms with E-state index in [2.05, 4.69) is 30.0 Å². The van der Waals surface area contributed by atoms with Crippen molar-refractivity contribution >= 4 is 23.2 Å². The van der Waals surface area contributed by atoms with Gasteiger partial charge in [0.25, 0.3) is 5.91 Å². The van der Waals surface area contributed by atoms with Crippen molar-refractivity contribution in [2.45, 2.75) is 33.7 Å². The van der Waals surface area contributed by atoms with E-state index < -0.39 is 0 Å². The lowest BCUT2D eigenvalue weighted by Gasteiger charge is -2.17. The topological polar surface area (TPSA) is 80.9 Å². The second kappa shape index (κ2) is 11.5. The summed E-state index contributed by atoms with van der Waals surface area (Å²) in [5.41, 5.74) is 5.66. The molecule has 0 radical (unpaired) electrons. The molecular formula is C18H29N3O4S. The van der Waals surface area contributed by atoms with Gasteiger partial charge in [0.05, 0.1) is 19.8 Å². The maximum Gasteiger partial charge on any atom is 0.269 e. The number of methoxy groups -OCH3 is 1. The Bertz CT molecular complexity index is 596. The van der Waals surface area contributed by atoms with E-state index in [1.807, 2.05) is 13.8 Å². The molecule has 0 aliphatic rings. The van der Waals surface area contributed by atoms with Gasteiger partial charge in [0.1, 0.15) is 0 Å². The van der Waals surface area contributed by atoms with Crippen molar-refractivity contribution in [1.82, 2.24) is 16.2 Å². The molecule has 0 spiro atoms. The molecule has 1 amide bonds. The second-order valence-corrected chi connectivity index (χ2v) is 6.62. The third-order valence-electron chi connectivity index (χ3n) is 3.16. The molecular weight excluding hydrogens is 354 g/mol. The molecule has 26 heavy (non-hydrogen) atoms. The summed E-state index contributed by atoms with van der Waals surface area (Å²) in [7, 11) is 1.61. The van der Waals surface area contributed by atoms with Crippen LogP contribution in [0.2, 0.25) is 0 Å². The van der Waals surface area contributed by atoms with Crippen LogP contribution >= 0.6 is 12.2 Å². The summed E-state index contributed by atoms with van der Waals surface area (Å²) in [6.07, 6.45) is 0. The first kappa shape index (κ1) is 22.0. The molecule has 0 aliphatic heterocycles. The molecule has 1 aromatic rings. The van der Waals surface area contributed by atoms with Gasteiger partial charge in [-0.15, -0.1) is 0 Å². The predicted molar refractivity (Wildman–Crippen MR) is 106 cm³/mol. The standard InChI is InChI=1S/C18H29N3O4S/c1-6-24-16-9-14(7-8-15(16)25-10-12(2)3)17(22)20-21-18(26)19-13(4)11-23-5/h7-9,12-13H,6,10-11H2,1-5H3,(H,20,22)(H2,19,21,26)/t13-/m1/s1. The van der Waals surface area contributed by atoms with E-state index in [9.17, 15) is 4.79 Å². The first-order valence-electron chi connectivity index (χ1n) is 8.62. The lowest BCUT2D eigenvalue weighted by Crippen LogP contribution is -2.49. The maximum absolute atomic E-state index is 12.3. The molecule has 0 heterocycles. The summed E-state index contributed by atoms with van der Waals surface area (Å²) in [6, 6.07) is 5.10. The van der Waals surface area contributed by atoms with Crippen LogP contribution in [0.1, 0.15) is 38.1 Å². The number of amides is 1. The van der Waals surface area contributed by atoms with Gasteiger partial charge in [0, 0.05) is 18.7 Å². The van der Waals surface area contributed by atoms with E-state index in [4.69, 9.17) is 26.4 Å². The van der Waals surface area contributed by atoms with E-state index in [0.29, 0.717) is 47.9 Å². The second-order valence-electron chi connectivity index (χ2n) is 6.21. The van der Waals surface area contributed by atoms with Crippen molar-refractivity contribution in [3.8, 4) is 11.5 Å². The van der Waals surface area contributed by atoms with Crippen LogP contribution in [0.5, 0.6) is 11.5 Å². The van der Waals surface area contributed by atoms with Crippen LogP contribution in [0.4, 0.5) is 0 Å². The number of nitrogens with one attached hydrogen (secondary N) is 3. The summed E-state index contributed by atoms with van der Waals surface area (Å²) in [5.74, 6) is 1.22. The zero-order valence-corrected chi connectivity index (χ0v) is 16.9. The first-order chi connectivity index (χ1) is 12.4. The summed E-state index contributed by atoms with van der Waals surface area (Å²) in [5, 5.41) is 3.30. The van der Waals surface area contributed by atoms with Crippen molar-refractivity contribution in [3.05, 3.63) is 23.8 Å². The van der Waals surface area contributed by atoms with Gasteiger partial charge in [-0.2, -0.15) is 0 Å². The fourth-order valence-corrected chi connectivity index (χ4v) is 2.28. The van der Waals surface area contributed by atoms with Crippen LogP contribution in [0.25, 0.3) is 0 Å². The van der Waals surface area contributed by atoms with E-state index in [1.165, 1.54) is 0 Å². The highest BCUT2D eigenvalue weighted by Crippen LogP contribution is 2.28. The fraction of sp³-hybridized carbons (Fsp3) is 0.556. The molecule has 3 N–H and O–H groups in total. The SMILES string of the molecule is CCOc1cc(C(=O)NNC(=S)N[C@H](C)COC)ccc1OCC(C)C. The minimum absolute atomic E-state index is 0.0267. The molecule has 7 nitrogen and oxygen atoms in total. The number of hydrogen-bond donors (Lipinski definition) is 3. The smallest absolute Gasteiger partial charge is 0.269 e. The monoisotopic (exact) mass is 383 g/mol. The third-order valence-corrected chi connectivity index (χ3v) is 3.38. The Kier molecular flexibility index (Phi) is 9.75. The van der Waals surface area contributed by atoms with Crippen LogP contribution in [0.3, 0.4) is 0 Å². The van der Waals surface area contributed by atoms with Gasteiger partial charge in [0.15, 0.2) is 16.6 Å². The van der Waals surface area contributed by atoms with Gasteiger partial charge >= 0.3 is 0 Å². The summed E-state index contributed by atoms with van der Waals surface area (Å²) < 4.78 is 16.3. The van der Waals surface area contributed by atoms with Crippen LogP contribution in [-0.2, 0) is 4.74 Å². The lowest BCUT2D eigenvalue weighted by atomic mass is 10.2. The molecule has 0 aromatic heterocycles. The number of rotatable bonds is 9. The molecule has 1 rings (SSSR count). The van der Waals surface area contributed by atoms with Crippen molar-refractivity contribution in [2.75, 3.05) is 26.9 Å². The highest BCUT2D eigenvalue weighted by molar-refractivity contribution is 7.80. The van der Waals surface area contributed by atoms with E-state index in [0.717, 1.165) is 0 Å². The molecule has 146 valence electrons. The molecule has 1 aromatic carbocycles. The van der Waals surface area contributed by atoms with Gasteiger partial charge in [-0.25, -0.2) is 0 Å². The van der Waals surface area contributed by atoms with Gasteiger partial charge in [0.2, 0.25) is 0 Å². The van der Waals surface area contributed by atoms with Crippen molar-refractivity contribution < 1.29 is 19.0 Å². The Morgan fingerprint density at radius 1 is 1.12 bits per heavy atom. The first-order valence-corrected chi connectivity index (χ1v) is 9.03. The molecule has 8 heteroatoms. The van der Waals surface area contributed by atoms with Gasteiger partial charge < -0.3 is 19.5 Å². The zero-order chi connectivity index (χ0) is 19.5. The average Bonchev–Trinajstić information content (AvgIpc) is 2.58. The van der Waals surface area contributed by atoms with E-state index in [-0.39, 0.29) is 11.9 Å². The largest absolute Gasteiger partial charge is 0.490 e. The molecule has 0 fully saturated rings. The molecule has 0 saturated heterocycles. The number of ether oxygens (including phenoxy) is 3. The Hall–Kier alpha value is -2.06. The zero-order valence-electron chi connectivity index (χ0n) is 16.0. The number of thiocarbonyl (C=S) groups is 1. The minimum atomic E-state index is -0.329. The van der Waals surface area contributed by atoms with Crippen molar-refractivity contribution in [3.63, 3.8) is 0 Å². The fourth-order valence-electron chi connectivity index (χ4n) is 2.03. The third kappa shape index (κ3) is 7.88. The van der Waals surface area contributed by atoms with Crippen LogP contribution in [0, 0.1) is 5.92 Å². The van der Waals surface area contributed by atoms with Crippen LogP contribution in [0.15, 0.2) is 18.2 Å². The Morgan fingerprint density at radius 3 is 2.46 bits per heavy atom. The molecule has 1 atom stereocenters. The van der Waals surface area contributed by atoms with Gasteiger partial charge in [-0.05, 0) is 50.2 Å². The van der Waals surface area contributed by atoms with Gasteiger partial charge in [-0.3, -0.25) is 15.6 Å². The van der Waals surface area contributed by atoms with E-state index in [1.54, 1.807) is 25.3 Å². The van der Waals surface area contributed by atoms with E-state index >= 15 is 0 Å². The van der Waals surface area contributed by atoms with Crippen LogP contribution in [-0.4, -0.2) is 44.0 Å². The number of hydrazine groups is 1. The Labute approximate surface area is 160 Å². The molecule has 0 saturated carbocycles. The number of benzene rings is 1. The number of hydrogen-bond acceptors (Lipinski definition) is 5. The Morgan fingerprint density at radius 2 is 1.85 bits per heavy atom. The maximum atomic E-state index is 12.3. The quantitative estimate of drug-likeness (QED) is 0.446. The van der Waals surface area contributed by atoms with Crippen molar-refractivity contribution in [2.24, 2.45) is 5.92 Å². The minimum Gasteiger partial charge on any atom is -0.490 e. The molecule has 0 aliphatic carbocycles. The van der Waals surface area contributed by atoms with Crippen molar-refractivity contribution in [1.29, 1.82) is 0 Å². The summed E-state index contributed by atoms with van der Waals surface area (Å²) >= 11 is 5.12.